The molecular weight excluding hydrogens is 353 g/mol. The molecule has 1 fully saturated rings. The van der Waals surface area contributed by atoms with Crippen molar-refractivity contribution in [1.29, 1.82) is 0 Å². The van der Waals surface area contributed by atoms with Crippen molar-refractivity contribution in [3.05, 3.63) is 0 Å². The molecule has 115 valence electrons. The summed E-state index contributed by atoms with van der Waals surface area (Å²) in [6.45, 7) is -0.0614. The molecule has 0 aromatic rings. The molecule has 5 N–H and O–H groups in total. The average Bonchev–Trinajstić information content (AvgIpc) is 2.43. The fourth-order valence-corrected chi connectivity index (χ4v) is 1.70. The quantitative estimate of drug-likeness (QED) is 0.384. The van der Waals surface area contributed by atoms with Gasteiger partial charge in [-0.2, -0.15) is 0 Å². The Hall–Kier alpha value is -0.696. The van der Waals surface area contributed by atoms with Gasteiger partial charge in [-0.3, -0.25) is 14.4 Å². The molecule has 0 spiro atoms. The molecule has 1 rings (SSSR count). The molecule has 1 saturated heterocycles. The summed E-state index contributed by atoms with van der Waals surface area (Å²) in [6.07, 6.45) is 2.39. The van der Waals surface area contributed by atoms with Crippen LogP contribution in [0.5, 0.6) is 0 Å². The molecule has 0 aromatic heterocycles. The molecule has 8 nitrogen and oxygen atoms in total. The summed E-state index contributed by atoms with van der Waals surface area (Å²) in [5.41, 5.74) is 5.66. The summed E-state index contributed by atoms with van der Waals surface area (Å²) in [4.78, 5) is 45.3. The van der Waals surface area contributed by atoms with E-state index in [4.69, 9.17) is 5.73 Å². The maximum Gasteiger partial charge on any atom is 0.221 e. The predicted octanol–water partition coefficient (Wildman–Crippen LogP) is -2.29. The zero-order valence-electron chi connectivity index (χ0n) is 11.7. The van der Waals surface area contributed by atoms with Gasteiger partial charge in [0.05, 0.1) is 19.3 Å². The first-order valence-corrected chi connectivity index (χ1v) is 6.45. The van der Waals surface area contributed by atoms with Gasteiger partial charge in [0.2, 0.25) is 11.8 Å². The number of hydrogen-bond donors (Lipinski definition) is 4. The normalized spacial score (nSPS) is 25.9. The van der Waals surface area contributed by atoms with E-state index in [0.717, 1.165) is 0 Å². The molecule has 0 bridgehead atoms. The maximum atomic E-state index is 11.7. The minimum atomic E-state index is -0.752. The van der Waals surface area contributed by atoms with Gasteiger partial charge < -0.3 is 26.5 Å². The van der Waals surface area contributed by atoms with Crippen LogP contribution in [0.25, 0.3) is 0 Å². The summed E-state index contributed by atoms with van der Waals surface area (Å²) in [6, 6.07) is -1.44. The van der Waals surface area contributed by atoms with Crippen LogP contribution in [-0.2, 0) is 51.9 Å². The minimum absolute atomic E-state index is 0. The molecular formula is C12H19N4O4Y-. The van der Waals surface area contributed by atoms with Gasteiger partial charge in [0.15, 0.2) is 5.78 Å². The summed E-state index contributed by atoms with van der Waals surface area (Å²) >= 11 is 0. The van der Waals surface area contributed by atoms with Crippen molar-refractivity contribution in [3.63, 3.8) is 0 Å². The van der Waals surface area contributed by atoms with Crippen molar-refractivity contribution in [3.8, 4) is 0 Å². The van der Waals surface area contributed by atoms with Crippen LogP contribution in [0.3, 0.4) is 0 Å². The van der Waals surface area contributed by atoms with Crippen LogP contribution in [0.1, 0.15) is 25.7 Å². The number of Topliss-reactive ketones (excluding diaryl/α,β-unsaturated/α-hetero) is 1. The molecule has 0 aromatic carbocycles. The van der Waals surface area contributed by atoms with E-state index >= 15 is 0 Å². The van der Waals surface area contributed by atoms with Gasteiger partial charge in [-0.1, -0.05) is 12.5 Å². The Morgan fingerprint density at radius 3 is 2.19 bits per heavy atom. The largest absolute Gasteiger partial charge is 0.540 e. The smallest absolute Gasteiger partial charge is 0.221 e. The van der Waals surface area contributed by atoms with E-state index in [2.05, 4.69) is 16.0 Å². The Bertz CT molecular complexity index is 391. The van der Waals surface area contributed by atoms with Crippen molar-refractivity contribution in [2.24, 2.45) is 5.73 Å². The number of amides is 2. The number of nitrogens with two attached hydrogens (primary N) is 1. The van der Waals surface area contributed by atoms with Crippen LogP contribution in [0, 0.1) is 0 Å². The summed E-state index contributed by atoms with van der Waals surface area (Å²) in [7, 11) is 0. The molecule has 0 saturated carbocycles. The number of carbonyl (C=O) groups is 3. The second-order valence-electron chi connectivity index (χ2n) is 4.58. The summed E-state index contributed by atoms with van der Waals surface area (Å²) in [5.74, 6) is -0.843. The van der Waals surface area contributed by atoms with Gasteiger partial charge in [-0.05, 0) is 6.42 Å². The van der Waals surface area contributed by atoms with Gasteiger partial charge in [0, 0.05) is 45.6 Å². The van der Waals surface area contributed by atoms with Crippen molar-refractivity contribution in [2.75, 3.05) is 13.2 Å². The number of hydrogen-bond acceptors (Lipinski definition) is 6. The molecule has 0 aliphatic carbocycles. The zero-order valence-corrected chi connectivity index (χ0v) is 14.5. The molecule has 1 aliphatic rings. The topological polar surface area (TPSA) is 130 Å². The SMILES string of the molecule is NC1CCC(=O)NCNC(=O)CCC([C-]=O)NCC1=O.[Y]. The second-order valence-corrected chi connectivity index (χ2v) is 4.58. The molecule has 9 heteroatoms. The molecule has 1 aliphatic heterocycles. The standard InChI is InChI=1S/C12H19N4O4.Y/c13-9-2-4-12(20)16-7-15-11(19)3-1-8(6-17)14-5-10(9)18;/h8-9,14H,1-5,7,13H2,(H,15,19)(H,16,20);/q-1;. The van der Waals surface area contributed by atoms with Crippen LogP contribution in [0.2, 0.25) is 0 Å². The predicted molar refractivity (Wildman–Crippen MR) is 70.1 cm³/mol. The monoisotopic (exact) mass is 372 g/mol. The zero-order chi connectivity index (χ0) is 15.0. The number of nitrogens with one attached hydrogen (secondary N) is 3. The molecule has 1 heterocycles. The number of carbonyl (C=O) groups excluding carboxylic acids is 4. The van der Waals surface area contributed by atoms with Crippen molar-refractivity contribution >= 4 is 23.9 Å². The molecule has 1 radical (unpaired) electrons. The summed E-state index contributed by atoms with van der Waals surface area (Å²) < 4.78 is 0. The number of ketones is 1. The van der Waals surface area contributed by atoms with E-state index in [1.54, 1.807) is 6.29 Å². The van der Waals surface area contributed by atoms with Gasteiger partial charge >= 0.3 is 0 Å². The maximum absolute atomic E-state index is 11.7. The van der Waals surface area contributed by atoms with E-state index in [1.165, 1.54) is 0 Å². The second kappa shape index (κ2) is 10.9. The Kier molecular flexibility index (Phi) is 10.6. The van der Waals surface area contributed by atoms with Crippen LogP contribution < -0.4 is 21.7 Å². The van der Waals surface area contributed by atoms with Crippen LogP contribution in [0.4, 0.5) is 0 Å². The average molecular weight is 372 g/mol. The van der Waals surface area contributed by atoms with Gasteiger partial charge in [-0.25, -0.2) is 6.29 Å². The van der Waals surface area contributed by atoms with Crippen molar-refractivity contribution in [1.82, 2.24) is 16.0 Å². The third-order valence-electron chi connectivity index (χ3n) is 2.99. The van der Waals surface area contributed by atoms with E-state index in [-0.39, 0.29) is 89.2 Å². The van der Waals surface area contributed by atoms with Crippen molar-refractivity contribution < 1.29 is 51.9 Å². The third kappa shape index (κ3) is 8.35. The van der Waals surface area contributed by atoms with Crippen LogP contribution in [-0.4, -0.2) is 49.2 Å². The van der Waals surface area contributed by atoms with Crippen molar-refractivity contribution in [2.45, 2.75) is 37.8 Å². The van der Waals surface area contributed by atoms with E-state index in [0.29, 0.717) is 0 Å². The van der Waals surface area contributed by atoms with E-state index in [9.17, 15) is 19.2 Å². The fraction of sp³-hybridized carbons (Fsp3) is 0.667. The minimum Gasteiger partial charge on any atom is -0.540 e. The Labute approximate surface area is 148 Å². The Morgan fingerprint density at radius 1 is 1.05 bits per heavy atom. The molecule has 2 amide bonds. The van der Waals surface area contributed by atoms with Crippen LogP contribution in [0.15, 0.2) is 0 Å². The van der Waals surface area contributed by atoms with Gasteiger partial charge in [0.25, 0.3) is 0 Å². The van der Waals surface area contributed by atoms with E-state index in [1.807, 2.05) is 0 Å². The summed E-state index contributed by atoms with van der Waals surface area (Å²) in [5, 5.41) is 7.70. The fourth-order valence-electron chi connectivity index (χ4n) is 1.70. The van der Waals surface area contributed by atoms with E-state index < -0.39 is 12.1 Å². The first-order valence-electron chi connectivity index (χ1n) is 6.45. The molecule has 21 heavy (non-hydrogen) atoms. The number of rotatable bonds is 1. The van der Waals surface area contributed by atoms with Gasteiger partial charge in [0.1, 0.15) is 0 Å². The Morgan fingerprint density at radius 2 is 1.62 bits per heavy atom. The Balaban J connectivity index is 0.00000400. The van der Waals surface area contributed by atoms with Gasteiger partial charge in [-0.15, -0.1) is 0 Å². The first kappa shape index (κ1) is 20.3. The van der Waals surface area contributed by atoms with Crippen LogP contribution >= 0.6 is 0 Å². The molecule has 2 atom stereocenters. The third-order valence-corrected chi connectivity index (χ3v) is 2.99. The first-order chi connectivity index (χ1) is 9.52. The molecule has 2 unspecified atom stereocenters.